The predicted octanol–water partition coefficient (Wildman–Crippen LogP) is 5.85. The maximum Gasteiger partial charge on any atom is 0.255 e. The smallest absolute Gasteiger partial charge is 0.255 e. The van der Waals surface area contributed by atoms with Crippen LogP contribution < -0.4 is 10.6 Å². The Balaban J connectivity index is 1.54. The van der Waals surface area contributed by atoms with Crippen LogP contribution in [-0.2, 0) is 4.79 Å². The standard InChI is InChI=1S/C26H24N2O2/c1-19-8-11-21(12-9-19)18-20(2)10-17-25(29)27-23-13-15-24(16-14-23)28-26(30)22-6-4-3-5-7-22/h3-18H,1-2H3,(H,27,29)(H,28,30)/b17-10+,20-18+. The highest BCUT2D eigenvalue weighted by atomic mass is 16.2. The minimum atomic E-state index is -0.215. The summed E-state index contributed by atoms with van der Waals surface area (Å²) in [7, 11) is 0. The van der Waals surface area contributed by atoms with E-state index in [2.05, 4.69) is 22.8 Å². The van der Waals surface area contributed by atoms with Crippen molar-refractivity contribution in [2.45, 2.75) is 13.8 Å². The first kappa shape index (κ1) is 20.8. The van der Waals surface area contributed by atoms with E-state index in [1.54, 1.807) is 42.5 Å². The molecule has 150 valence electrons. The number of hydrogen-bond donors (Lipinski definition) is 2. The first-order valence-electron chi connectivity index (χ1n) is 9.70. The van der Waals surface area contributed by atoms with Gasteiger partial charge >= 0.3 is 0 Å². The number of allylic oxidation sites excluding steroid dienone is 2. The second-order valence-corrected chi connectivity index (χ2v) is 7.02. The molecule has 0 radical (unpaired) electrons. The lowest BCUT2D eigenvalue weighted by Gasteiger charge is -2.07. The minimum Gasteiger partial charge on any atom is -0.323 e. The summed E-state index contributed by atoms with van der Waals surface area (Å²) in [5, 5.41) is 5.65. The zero-order valence-corrected chi connectivity index (χ0v) is 17.1. The molecule has 4 heteroatoms. The summed E-state index contributed by atoms with van der Waals surface area (Å²) in [6, 6.07) is 24.2. The maximum atomic E-state index is 12.2. The van der Waals surface area contributed by atoms with Gasteiger partial charge in [0.05, 0.1) is 0 Å². The Labute approximate surface area is 177 Å². The van der Waals surface area contributed by atoms with Gasteiger partial charge in [-0.2, -0.15) is 0 Å². The molecule has 0 aromatic heterocycles. The van der Waals surface area contributed by atoms with E-state index in [-0.39, 0.29) is 11.8 Å². The normalized spacial score (nSPS) is 11.3. The Morgan fingerprint density at radius 2 is 1.33 bits per heavy atom. The third-order valence-electron chi connectivity index (χ3n) is 4.42. The lowest BCUT2D eigenvalue weighted by atomic mass is 10.1. The highest BCUT2D eigenvalue weighted by Gasteiger charge is 2.05. The van der Waals surface area contributed by atoms with Crippen LogP contribution in [-0.4, -0.2) is 11.8 Å². The number of carbonyl (C=O) groups excluding carboxylic acids is 2. The van der Waals surface area contributed by atoms with E-state index in [9.17, 15) is 9.59 Å². The number of nitrogens with one attached hydrogen (secondary N) is 2. The van der Waals surface area contributed by atoms with E-state index in [0.717, 1.165) is 11.1 Å². The molecule has 0 spiro atoms. The second kappa shape index (κ2) is 10.0. The maximum absolute atomic E-state index is 12.2. The quantitative estimate of drug-likeness (QED) is 0.406. The first-order chi connectivity index (χ1) is 14.5. The Kier molecular flexibility index (Phi) is 6.95. The fourth-order valence-corrected chi connectivity index (χ4v) is 2.79. The van der Waals surface area contributed by atoms with Crippen LogP contribution in [0.15, 0.2) is 96.6 Å². The average molecular weight is 396 g/mol. The molecule has 0 aliphatic carbocycles. The lowest BCUT2D eigenvalue weighted by Crippen LogP contribution is -2.12. The van der Waals surface area contributed by atoms with Crippen molar-refractivity contribution in [2.75, 3.05) is 10.6 Å². The first-order valence-corrected chi connectivity index (χ1v) is 9.70. The van der Waals surface area contributed by atoms with Crippen LogP contribution in [0.3, 0.4) is 0 Å². The van der Waals surface area contributed by atoms with E-state index in [1.807, 2.05) is 50.3 Å². The van der Waals surface area contributed by atoms with E-state index >= 15 is 0 Å². The molecule has 3 rings (SSSR count). The van der Waals surface area contributed by atoms with Crippen molar-refractivity contribution in [2.24, 2.45) is 0 Å². The van der Waals surface area contributed by atoms with Gasteiger partial charge in [0, 0.05) is 23.0 Å². The summed E-state index contributed by atoms with van der Waals surface area (Å²) < 4.78 is 0. The Bertz CT molecular complexity index is 1060. The number of aryl methyl sites for hydroxylation is 1. The molecule has 0 saturated carbocycles. The topological polar surface area (TPSA) is 58.2 Å². The molecule has 2 amide bonds. The molecule has 0 heterocycles. The van der Waals surface area contributed by atoms with Crippen molar-refractivity contribution >= 4 is 29.3 Å². The number of hydrogen-bond acceptors (Lipinski definition) is 2. The summed E-state index contributed by atoms with van der Waals surface area (Å²) in [6.07, 6.45) is 5.31. The van der Waals surface area contributed by atoms with Gasteiger partial charge in [-0.05, 0) is 55.8 Å². The summed E-state index contributed by atoms with van der Waals surface area (Å²) in [5.74, 6) is -0.390. The van der Waals surface area contributed by atoms with Gasteiger partial charge in [-0.3, -0.25) is 9.59 Å². The molecule has 30 heavy (non-hydrogen) atoms. The van der Waals surface area contributed by atoms with E-state index in [1.165, 1.54) is 11.6 Å². The number of benzene rings is 3. The third kappa shape index (κ3) is 6.31. The Morgan fingerprint density at radius 3 is 1.97 bits per heavy atom. The molecule has 0 aliphatic heterocycles. The zero-order valence-electron chi connectivity index (χ0n) is 17.1. The van der Waals surface area contributed by atoms with Crippen LogP contribution in [0.25, 0.3) is 6.08 Å². The van der Waals surface area contributed by atoms with Crippen molar-refractivity contribution in [3.63, 3.8) is 0 Å². The fourth-order valence-electron chi connectivity index (χ4n) is 2.79. The summed E-state index contributed by atoms with van der Waals surface area (Å²) in [4.78, 5) is 24.3. The van der Waals surface area contributed by atoms with Crippen LogP contribution in [0, 0.1) is 6.92 Å². The highest BCUT2D eigenvalue weighted by molar-refractivity contribution is 6.04. The van der Waals surface area contributed by atoms with Gasteiger partial charge in [0.15, 0.2) is 0 Å². The molecule has 0 unspecified atom stereocenters. The minimum absolute atomic E-state index is 0.175. The van der Waals surface area contributed by atoms with Gasteiger partial charge in [0.25, 0.3) is 5.91 Å². The molecule has 0 atom stereocenters. The van der Waals surface area contributed by atoms with Crippen LogP contribution in [0.2, 0.25) is 0 Å². The van der Waals surface area contributed by atoms with Crippen molar-refractivity contribution in [1.82, 2.24) is 0 Å². The highest BCUT2D eigenvalue weighted by Crippen LogP contribution is 2.15. The molecule has 2 N–H and O–H groups in total. The molecule has 0 saturated heterocycles. The van der Waals surface area contributed by atoms with Crippen molar-refractivity contribution in [3.8, 4) is 0 Å². The SMILES string of the molecule is CC(/C=C/C(=O)Nc1ccc(NC(=O)c2ccccc2)cc1)=C\c1ccc(C)cc1. The molecular weight excluding hydrogens is 372 g/mol. The van der Waals surface area contributed by atoms with E-state index < -0.39 is 0 Å². The second-order valence-electron chi connectivity index (χ2n) is 7.02. The Morgan fingerprint density at radius 1 is 0.733 bits per heavy atom. The summed E-state index contributed by atoms with van der Waals surface area (Å²) in [6.45, 7) is 4.00. The van der Waals surface area contributed by atoms with Crippen LogP contribution in [0.4, 0.5) is 11.4 Å². The van der Waals surface area contributed by atoms with E-state index in [0.29, 0.717) is 16.9 Å². The Hall–Kier alpha value is -3.92. The molecule has 0 bridgehead atoms. The monoisotopic (exact) mass is 396 g/mol. The summed E-state index contributed by atoms with van der Waals surface area (Å²) >= 11 is 0. The average Bonchev–Trinajstić information content (AvgIpc) is 2.76. The molecule has 3 aromatic carbocycles. The van der Waals surface area contributed by atoms with Crippen molar-refractivity contribution < 1.29 is 9.59 Å². The number of rotatable bonds is 6. The zero-order chi connectivity index (χ0) is 21.3. The summed E-state index contributed by atoms with van der Waals surface area (Å²) in [5.41, 5.74) is 5.19. The largest absolute Gasteiger partial charge is 0.323 e. The number of anilines is 2. The van der Waals surface area contributed by atoms with Gasteiger partial charge in [0.1, 0.15) is 0 Å². The van der Waals surface area contributed by atoms with E-state index in [4.69, 9.17) is 0 Å². The molecule has 0 aliphatic rings. The van der Waals surface area contributed by atoms with Crippen LogP contribution >= 0.6 is 0 Å². The molecule has 4 nitrogen and oxygen atoms in total. The third-order valence-corrected chi connectivity index (χ3v) is 4.42. The number of amides is 2. The lowest BCUT2D eigenvalue weighted by molar-refractivity contribution is -0.111. The molecule has 0 fully saturated rings. The number of carbonyl (C=O) groups is 2. The van der Waals surface area contributed by atoms with Gasteiger partial charge < -0.3 is 10.6 Å². The van der Waals surface area contributed by atoms with Crippen molar-refractivity contribution in [3.05, 3.63) is 113 Å². The predicted molar refractivity (Wildman–Crippen MR) is 123 cm³/mol. The van der Waals surface area contributed by atoms with Crippen LogP contribution in [0.1, 0.15) is 28.4 Å². The molecule has 3 aromatic rings. The van der Waals surface area contributed by atoms with Crippen LogP contribution in [0.5, 0.6) is 0 Å². The van der Waals surface area contributed by atoms with Gasteiger partial charge in [-0.1, -0.05) is 65.8 Å². The van der Waals surface area contributed by atoms with Gasteiger partial charge in [0.2, 0.25) is 5.91 Å². The van der Waals surface area contributed by atoms with Crippen molar-refractivity contribution in [1.29, 1.82) is 0 Å². The van der Waals surface area contributed by atoms with Gasteiger partial charge in [-0.25, -0.2) is 0 Å². The fraction of sp³-hybridized carbons (Fsp3) is 0.0769. The molecular formula is C26H24N2O2. The van der Waals surface area contributed by atoms with Gasteiger partial charge in [-0.15, -0.1) is 0 Å².